The van der Waals surface area contributed by atoms with E-state index in [2.05, 4.69) is 12.1 Å². The van der Waals surface area contributed by atoms with Crippen molar-refractivity contribution in [1.82, 2.24) is 14.4 Å². The highest BCUT2D eigenvalue weighted by atomic mass is 16.2. The van der Waals surface area contributed by atoms with Crippen molar-refractivity contribution in [2.75, 3.05) is 19.6 Å². The zero-order valence-electron chi connectivity index (χ0n) is 20.1. The second kappa shape index (κ2) is 10.5. The largest absolute Gasteiger partial charge is 0.328 e. The number of aromatic nitrogens is 1. The highest BCUT2D eigenvalue weighted by Gasteiger charge is 2.35. The molecule has 6 heteroatoms. The molecule has 2 atom stereocenters. The number of nitrogens with zero attached hydrogens (tertiary/aromatic N) is 3. The molecule has 2 aliphatic rings. The first-order valence-corrected chi connectivity index (χ1v) is 12.7. The molecule has 0 saturated carbocycles. The summed E-state index contributed by atoms with van der Waals surface area (Å²) in [6, 6.07) is 24.2. The molecule has 182 valence electrons. The average Bonchev–Trinajstić information content (AvgIpc) is 2.91. The van der Waals surface area contributed by atoms with Crippen molar-refractivity contribution in [3.63, 3.8) is 0 Å². The quantitative estimate of drug-likeness (QED) is 0.610. The Balaban J connectivity index is 1.20. The van der Waals surface area contributed by atoms with Crippen LogP contribution in [0.1, 0.15) is 37.3 Å². The van der Waals surface area contributed by atoms with Crippen molar-refractivity contribution in [2.24, 2.45) is 11.7 Å². The van der Waals surface area contributed by atoms with E-state index in [-0.39, 0.29) is 23.7 Å². The number of hydrogen-bond acceptors (Lipinski definition) is 3. The SMILES string of the molecule is N[C@@H]1CCN(C(=O)N2CCC(Cn3ccc(-c4ccccc4)cc3=O)CC2)[C@H](c2ccccc2)C1. The molecule has 2 N–H and O–H groups in total. The summed E-state index contributed by atoms with van der Waals surface area (Å²) >= 11 is 0. The number of carbonyl (C=O) groups is 1. The number of nitrogens with two attached hydrogens (primary N) is 1. The summed E-state index contributed by atoms with van der Waals surface area (Å²) in [5.74, 6) is 0.388. The fourth-order valence-electron chi connectivity index (χ4n) is 5.45. The summed E-state index contributed by atoms with van der Waals surface area (Å²) in [6.07, 6.45) is 5.36. The minimum absolute atomic E-state index is 0.0280. The van der Waals surface area contributed by atoms with Crippen LogP contribution >= 0.6 is 0 Å². The second-order valence-electron chi connectivity index (χ2n) is 9.89. The van der Waals surface area contributed by atoms with Gasteiger partial charge in [-0.25, -0.2) is 4.79 Å². The number of pyridine rings is 1. The molecule has 6 nitrogen and oxygen atoms in total. The minimum atomic E-state index is 0.0280. The Morgan fingerprint density at radius 1 is 0.857 bits per heavy atom. The van der Waals surface area contributed by atoms with E-state index in [1.807, 2.05) is 75.2 Å². The van der Waals surface area contributed by atoms with Crippen LogP contribution in [0.4, 0.5) is 4.79 Å². The van der Waals surface area contributed by atoms with Gasteiger partial charge in [-0.1, -0.05) is 60.7 Å². The zero-order chi connectivity index (χ0) is 24.2. The molecule has 1 aromatic heterocycles. The van der Waals surface area contributed by atoms with Gasteiger partial charge in [0.05, 0.1) is 6.04 Å². The zero-order valence-corrected chi connectivity index (χ0v) is 20.1. The molecule has 0 bridgehead atoms. The van der Waals surface area contributed by atoms with E-state index in [1.54, 1.807) is 6.07 Å². The van der Waals surface area contributed by atoms with Gasteiger partial charge in [-0.15, -0.1) is 0 Å². The molecule has 5 rings (SSSR count). The van der Waals surface area contributed by atoms with Gasteiger partial charge in [0.1, 0.15) is 0 Å². The van der Waals surface area contributed by atoms with E-state index in [4.69, 9.17) is 5.73 Å². The third kappa shape index (κ3) is 5.33. The van der Waals surface area contributed by atoms with Crippen molar-refractivity contribution in [1.29, 1.82) is 0 Å². The molecule has 0 aliphatic carbocycles. The minimum Gasteiger partial charge on any atom is -0.328 e. The van der Waals surface area contributed by atoms with E-state index in [1.165, 1.54) is 0 Å². The molecule has 0 unspecified atom stereocenters. The Bertz CT molecular complexity index is 1190. The van der Waals surface area contributed by atoms with Crippen LogP contribution < -0.4 is 11.3 Å². The maximum absolute atomic E-state index is 13.5. The van der Waals surface area contributed by atoms with Gasteiger partial charge in [-0.2, -0.15) is 0 Å². The normalized spacial score (nSPS) is 21.2. The van der Waals surface area contributed by atoms with E-state index in [0.29, 0.717) is 19.0 Å². The van der Waals surface area contributed by atoms with Crippen LogP contribution in [0.3, 0.4) is 0 Å². The summed E-state index contributed by atoms with van der Waals surface area (Å²) in [4.78, 5) is 30.2. The van der Waals surface area contributed by atoms with Crippen molar-refractivity contribution in [2.45, 2.75) is 44.3 Å². The monoisotopic (exact) mass is 470 g/mol. The Morgan fingerprint density at radius 3 is 2.23 bits per heavy atom. The van der Waals surface area contributed by atoms with Gasteiger partial charge in [-0.05, 0) is 54.4 Å². The lowest BCUT2D eigenvalue weighted by Gasteiger charge is -2.43. The standard InChI is InChI=1S/C29H34N4O2/c30-26-14-18-33(27(20-26)24-9-5-2-6-10-24)29(35)31-15-11-22(12-16-31)21-32-17-13-25(19-28(32)34)23-7-3-1-4-8-23/h1-10,13,17,19,22,26-27H,11-12,14-16,18,20-21,30H2/t26-,27+/m1/s1. The van der Waals surface area contributed by atoms with Gasteiger partial charge in [0.25, 0.3) is 5.56 Å². The third-order valence-electron chi connectivity index (χ3n) is 7.52. The lowest BCUT2D eigenvalue weighted by molar-refractivity contribution is 0.0951. The molecule has 0 spiro atoms. The summed E-state index contributed by atoms with van der Waals surface area (Å²) in [6.45, 7) is 2.85. The first-order chi connectivity index (χ1) is 17.1. The summed E-state index contributed by atoms with van der Waals surface area (Å²) < 4.78 is 1.81. The van der Waals surface area contributed by atoms with Crippen LogP contribution in [0.25, 0.3) is 11.1 Å². The molecule has 2 amide bonds. The summed E-state index contributed by atoms with van der Waals surface area (Å²) in [7, 11) is 0. The fraction of sp³-hybridized carbons (Fsp3) is 0.379. The van der Waals surface area contributed by atoms with Crippen molar-refractivity contribution >= 4 is 6.03 Å². The Labute approximate surface area is 207 Å². The van der Waals surface area contributed by atoms with Crippen LogP contribution in [0, 0.1) is 5.92 Å². The average molecular weight is 471 g/mol. The first-order valence-electron chi connectivity index (χ1n) is 12.7. The maximum atomic E-state index is 13.5. The molecule has 3 heterocycles. The van der Waals surface area contributed by atoms with E-state index in [0.717, 1.165) is 55.5 Å². The van der Waals surface area contributed by atoms with Crippen molar-refractivity contribution in [3.05, 3.63) is 94.9 Å². The predicted molar refractivity (Wildman–Crippen MR) is 139 cm³/mol. The lowest BCUT2D eigenvalue weighted by atomic mass is 9.92. The van der Waals surface area contributed by atoms with Gasteiger partial charge >= 0.3 is 6.03 Å². The number of piperidine rings is 2. The number of rotatable bonds is 4. The van der Waals surface area contributed by atoms with Crippen LogP contribution in [0.15, 0.2) is 83.8 Å². The number of hydrogen-bond donors (Lipinski definition) is 1. The molecule has 2 aliphatic heterocycles. The smallest absolute Gasteiger partial charge is 0.320 e. The summed E-state index contributed by atoms with van der Waals surface area (Å²) in [5.41, 5.74) is 9.45. The molecular formula is C29H34N4O2. The topological polar surface area (TPSA) is 71.6 Å². The van der Waals surface area contributed by atoms with Gasteiger partial charge in [0.2, 0.25) is 0 Å². The van der Waals surface area contributed by atoms with E-state index in [9.17, 15) is 9.59 Å². The summed E-state index contributed by atoms with van der Waals surface area (Å²) in [5, 5.41) is 0. The highest BCUT2D eigenvalue weighted by molar-refractivity contribution is 5.75. The number of carbonyl (C=O) groups excluding carboxylic acids is 1. The second-order valence-corrected chi connectivity index (χ2v) is 9.89. The molecule has 0 radical (unpaired) electrons. The van der Waals surface area contributed by atoms with Gasteiger partial charge in [0.15, 0.2) is 0 Å². The predicted octanol–water partition coefficient (Wildman–Crippen LogP) is 4.51. The van der Waals surface area contributed by atoms with E-state index < -0.39 is 0 Å². The number of amides is 2. The molecule has 2 aromatic carbocycles. The number of urea groups is 1. The molecule has 3 aromatic rings. The molecule has 35 heavy (non-hydrogen) atoms. The first kappa shape index (κ1) is 23.4. The van der Waals surface area contributed by atoms with Crippen molar-refractivity contribution < 1.29 is 4.79 Å². The van der Waals surface area contributed by atoms with Gasteiger partial charge in [0, 0.05) is 44.5 Å². The highest BCUT2D eigenvalue weighted by Crippen LogP contribution is 2.32. The van der Waals surface area contributed by atoms with Crippen LogP contribution in [-0.2, 0) is 6.54 Å². The van der Waals surface area contributed by atoms with Crippen LogP contribution in [0.2, 0.25) is 0 Å². The lowest BCUT2D eigenvalue weighted by Crippen LogP contribution is -2.52. The Kier molecular flexibility index (Phi) is 7.00. The molecule has 2 saturated heterocycles. The third-order valence-corrected chi connectivity index (χ3v) is 7.52. The number of likely N-dealkylation sites (tertiary alicyclic amines) is 2. The Hall–Kier alpha value is -3.38. The fourth-order valence-corrected chi connectivity index (χ4v) is 5.45. The number of benzene rings is 2. The van der Waals surface area contributed by atoms with Crippen LogP contribution in [0.5, 0.6) is 0 Å². The maximum Gasteiger partial charge on any atom is 0.320 e. The molecule has 2 fully saturated rings. The Morgan fingerprint density at radius 2 is 1.54 bits per heavy atom. The molecular weight excluding hydrogens is 436 g/mol. The van der Waals surface area contributed by atoms with Gasteiger partial charge in [-0.3, -0.25) is 4.79 Å². The van der Waals surface area contributed by atoms with E-state index >= 15 is 0 Å². The van der Waals surface area contributed by atoms with Crippen LogP contribution in [-0.4, -0.2) is 46.1 Å². The van der Waals surface area contributed by atoms with Crippen molar-refractivity contribution in [3.8, 4) is 11.1 Å². The van der Waals surface area contributed by atoms with Gasteiger partial charge < -0.3 is 20.1 Å².